The van der Waals surface area contributed by atoms with Gasteiger partial charge in [-0.25, -0.2) is 0 Å². The zero-order valence-corrected chi connectivity index (χ0v) is 10.3. The quantitative estimate of drug-likeness (QED) is 0.666. The van der Waals surface area contributed by atoms with Gasteiger partial charge in [0, 0.05) is 6.92 Å². The highest BCUT2D eigenvalue weighted by Gasteiger charge is 2.26. The zero-order chi connectivity index (χ0) is 11.3. The summed E-state index contributed by atoms with van der Waals surface area (Å²) < 4.78 is 5.25. The fourth-order valence-electron chi connectivity index (χ4n) is 2.71. The van der Waals surface area contributed by atoms with E-state index < -0.39 is 0 Å². The Morgan fingerprint density at radius 1 is 1.33 bits per heavy atom. The minimum atomic E-state index is -0.141. The minimum Gasteiger partial charge on any atom is -0.463 e. The van der Waals surface area contributed by atoms with Crippen molar-refractivity contribution in [1.82, 2.24) is 0 Å². The van der Waals surface area contributed by atoms with E-state index >= 15 is 0 Å². The van der Waals surface area contributed by atoms with Crippen LogP contribution in [0.25, 0.3) is 0 Å². The number of carbonyl (C=O) groups is 1. The molecule has 1 atom stereocenters. The molecule has 0 heterocycles. The summed E-state index contributed by atoms with van der Waals surface area (Å²) in [5, 5.41) is 0. The SMILES string of the molecule is CCCC1CCC(C(C)OC(C)=O)CC1. The van der Waals surface area contributed by atoms with Crippen LogP contribution < -0.4 is 0 Å². The second-order valence-corrected chi connectivity index (χ2v) is 4.88. The van der Waals surface area contributed by atoms with Crippen molar-refractivity contribution in [2.24, 2.45) is 11.8 Å². The number of esters is 1. The Balaban J connectivity index is 2.27. The Hall–Kier alpha value is -0.530. The molecule has 2 heteroatoms. The molecule has 1 aliphatic carbocycles. The van der Waals surface area contributed by atoms with Crippen LogP contribution in [0.3, 0.4) is 0 Å². The van der Waals surface area contributed by atoms with Gasteiger partial charge in [-0.3, -0.25) is 4.79 Å². The van der Waals surface area contributed by atoms with Crippen molar-refractivity contribution < 1.29 is 9.53 Å². The van der Waals surface area contributed by atoms with Crippen LogP contribution in [0.15, 0.2) is 0 Å². The summed E-state index contributed by atoms with van der Waals surface area (Å²) in [5.41, 5.74) is 0. The normalized spacial score (nSPS) is 28.5. The van der Waals surface area contributed by atoms with Gasteiger partial charge < -0.3 is 4.74 Å². The summed E-state index contributed by atoms with van der Waals surface area (Å²) in [5.74, 6) is 1.39. The topological polar surface area (TPSA) is 26.3 Å². The highest BCUT2D eigenvalue weighted by atomic mass is 16.5. The lowest BCUT2D eigenvalue weighted by atomic mass is 9.78. The molecule has 0 spiro atoms. The van der Waals surface area contributed by atoms with Gasteiger partial charge in [0.05, 0.1) is 0 Å². The van der Waals surface area contributed by atoms with Gasteiger partial charge in [0.25, 0.3) is 0 Å². The van der Waals surface area contributed by atoms with E-state index in [2.05, 4.69) is 6.92 Å². The molecule has 0 aliphatic heterocycles. The summed E-state index contributed by atoms with van der Waals surface area (Å²) in [6.45, 7) is 5.79. The molecular formula is C13H24O2. The van der Waals surface area contributed by atoms with Gasteiger partial charge in [-0.1, -0.05) is 32.6 Å². The summed E-state index contributed by atoms with van der Waals surface area (Å²) in [6, 6.07) is 0. The van der Waals surface area contributed by atoms with Crippen molar-refractivity contribution in [2.75, 3.05) is 0 Å². The average Bonchev–Trinajstić information content (AvgIpc) is 2.18. The van der Waals surface area contributed by atoms with Crippen LogP contribution in [0.4, 0.5) is 0 Å². The van der Waals surface area contributed by atoms with Crippen molar-refractivity contribution >= 4 is 5.97 Å². The molecule has 2 nitrogen and oxygen atoms in total. The smallest absolute Gasteiger partial charge is 0.302 e. The van der Waals surface area contributed by atoms with Crippen molar-refractivity contribution in [3.05, 3.63) is 0 Å². The average molecular weight is 212 g/mol. The van der Waals surface area contributed by atoms with Crippen LogP contribution in [0.5, 0.6) is 0 Å². The second-order valence-electron chi connectivity index (χ2n) is 4.88. The van der Waals surface area contributed by atoms with E-state index in [4.69, 9.17) is 4.74 Å². The molecule has 1 rings (SSSR count). The molecule has 15 heavy (non-hydrogen) atoms. The third kappa shape index (κ3) is 4.23. The summed E-state index contributed by atoms with van der Waals surface area (Å²) in [6.07, 6.45) is 7.90. The number of rotatable bonds is 4. The van der Waals surface area contributed by atoms with Crippen LogP contribution in [0, 0.1) is 11.8 Å². The molecule has 1 aliphatic rings. The third-order valence-electron chi connectivity index (χ3n) is 3.60. The van der Waals surface area contributed by atoms with Gasteiger partial charge in [0.15, 0.2) is 0 Å². The molecule has 0 aromatic rings. The number of carbonyl (C=O) groups excluding carboxylic acids is 1. The molecule has 88 valence electrons. The Morgan fingerprint density at radius 3 is 2.40 bits per heavy atom. The molecule has 0 N–H and O–H groups in total. The van der Waals surface area contributed by atoms with Crippen molar-refractivity contribution in [2.45, 2.75) is 65.4 Å². The first-order valence-electron chi connectivity index (χ1n) is 6.30. The Kier molecular flexibility index (Phi) is 5.13. The first-order valence-corrected chi connectivity index (χ1v) is 6.30. The van der Waals surface area contributed by atoms with Crippen LogP contribution >= 0.6 is 0 Å². The van der Waals surface area contributed by atoms with E-state index in [1.165, 1.54) is 45.4 Å². The maximum Gasteiger partial charge on any atom is 0.302 e. The standard InChI is InChI=1S/C13H24O2/c1-4-5-12-6-8-13(9-7-12)10(2)15-11(3)14/h10,12-13H,4-9H2,1-3H3. The monoisotopic (exact) mass is 212 g/mol. The van der Waals surface area contributed by atoms with E-state index in [1.807, 2.05) is 6.92 Å². The van der Waals surface area contributed by atoms with Gasteiger partial charge >= 0.3 is 5.97 Å². The summed E-state index contributed by atoms with van der Waals surface area (Å²) >= 11 is 0. The molecule has 0 aromatic carbocycles. The molecule has 0 amide bonds. The van der Waals surface area contributed by atoms with Crippen molar-refractivity contribution in [1.29, 1.82) is 0 Å². The number of ether oxygens (including phenoxy) is 1. The van der Waals surface area contributed by atoms with E-state index in [1.54, 1.807) is 0 Å². The number of hydrogen-bond donors (Lipinski definition) is 0. The van der Waals surface area contributed by atoms with E-state index in [0.717, 1.165) is 5.92 Å². The molecular weight excluding hydrogens is 188 g/mol. The lowest BCUT2D eigenvalue weighted by Crippen LogP contribution is -2.27. The molecule has 1 fully saturated rings. The maximum absolute atomic E-state index is 10.8. The largest absolute Gasteiger partial charge is 0.463 e. The maximum atomic E-state index is 10.8. The fraction of sp³-hybridized carbons (Fsp3) is 0.923. The fourth-order valence-corrected chi connectivity index (χ4v) is 2.71. The van der Waals surface area contributed by atoms with Gasteiger partial charge in [-0.15, -0.1) is 0 Å². The van der Waals surface area contributed by atoms with Gasteiger partial charge in [0.2, 0.25) is 0 Å². The Bertz CT molecular complexity index is 193. The molecule has 1 unspecified atom stereocenters. The molecule has 1 saturated carbocycles. The lowest BCUT2D eigenvalue weighted by Gasteiger charge is -2.31. The minimum absolute atomic E-state index is 0.116. The van der Waals surface area contributed by atoms with Gasteiger partial charge in [-0.2, -0.15) is 0 Å². The Morgan fingerprint density at radius 2 is 1.93 bits per heavy atom. The molecule has 0 bridgehead atoms. The van der Waals surface area contributed by atoms with Crippen molar-refractivity contribution in [3.8, 4) is 0 Å². The highest BCUT2D eigenvalue weighted by Crippen LogP contribution is 2.33. The van der Waals surface area contributed by atoms with E-state index in [0.29, 0.717) is 5.92 Å². The number of hydrogen-bond acceptors (Lipinski definition) is 2. The van der Waals surface area contributed by atoms with Crippen LogP contribution in [-0.4, -0.2) is 12.1 Å². The van der Waals surface area contributed by atoms with Crippen molar-refractivity contribution in [3.63, 3.8) is 0 Å². The first kappa shape index (κ1) is 12.5. The predicted molar refractivity (Wildman–Crippen MR) is 61.6 cm³/mol. The predicted octanol–water partition coefficient (Wildman–Crippen LogP) is 3.54. The summed E-state index contributed by atoms with van der Waals surface area (Å²) in [4.78, 5) is 10.8. The highest BCUT2D eigenvalue weighted by molar-refractivity contribution is 5.66. The third-order valence-corrected chi connectivity index (χ3v) is 3.60. The van der Waals surface area contributed by atoms with Gasteiger partial charge in [0.1, 0.15) is 6.10 Å². The molecule has 0 radical (unpaired) electrons. The van der Waals surface area contributed by atoms with E-state index in [-0.39, 0.29) is 12.1 Å². The lowest BCUT2D eigenvalue weighted by molar-refractivity contribution is -0.148. The Labute approximate surface area is 93.4 Å². The second kappa shape index (κ2) is 6.14. The van der Waals surface area contributed by atoms with Crippen LogP contribution in [-0.2, 0) is 9.53 Å². The van der Waals surface area contributed by atoms with Gasteiger partial charge in [-0.05, 0) is 31.6 Å². The van der Waals surface area contributed by atoms with Crippen LogP contribution in [0.2, 0.25) is 0 Å². The zero-order valence-electron chi connectivity index (χ0n) is 10.3. The first-order chi connectivity index (χ1) is 7.13. The summed E-state index contributed by atoms with van der Waals surface area (Å²) in [7, 11) is 0. The van der Waals surface area contributed by atoms with E-state index in [9.17, 15) is 4.79 Å². The molecule has 0 saturated heterocycles. The molecule has 0 aromatic heterocycles. The van der Waals surface area contributed by atoms with Crippen LogP contribution in [0.1, 0.15) is 59.3 Å².